The monoisotopic (exact) mass is 351 g/mol. The number of halogens is 3. The Morgan fingerprint density at radius 2 is 1.83 bits per heavy atom. The highest BCUT2D eigenvalue weighted by Gasteiger charge is 2.20. The Hall–Kier alpha value is -2.74. The van der Waals surface area contributed by atoms with Crippen molar-refractivity contribution in [2.75, 3.05) is 5.73 Å². The van der Waals surface area contributed by atoms with Crippen molar-refractivity contribution in [2.24, 2.45) is 7.05 Å². The zero-order valence-corrected chi connectivity index (χ0v) is 13.2. The van der Waals surface area contributed by atoms with Crippen molar-refractivity contribution in [1.29, 1.82) is 0 Å². The fourth-order valence-electron chi connectivity index (χ4n) is 2.26. The number of ether oxygens (including phenoxy) is 1. The van der Waals surface area contributed by atoms with Gasteiger partial charge in [-0.05, 0) is 18.2 Å². The lowest BCUT2D eigenvalue weighted by Crippen LogP contribution is -2.06. The molecule has 0 atom stereocenters. The molecule has 124 valence electrons. The number of nitrogens with two attached hydrogens (primary N) is 1. The molecule has 24 heavy (non-hydrogen) atoms. The van der Waals surface area contributed by atoms with Crippen molar-refractivity contribution in [3.8, 4) is 28.7 Å². The fraction of sp³-hybridized carbons (Fsp3) is 0.133. The van der Waals surface area contributed by atoms with Gasteiger partial charge < -0.3 is 15.0 Å². The maximum Gasteiger partial charge on any atom is 0.388 e. The average Bonchev–Trinajstić information content (AvgIpc) is 2.91. The number of benzene rings is 1. The minimum absolute atomic E-state index is 0.207. The molecule has 2 N–H and O–H groups in total. The zero-order valence-electron chi connectivity index (χ0n) is 12.4. The smallest absolute Gasteiger partial charge is 0.388 e. The van der Waals surface area contributed by atoms with Crippen molar-refractivity contribution >= 4 is 17.3 Å². The number of nitrogens with zero attached hydrogens (tertiary/aromatic N) is 4. The third kappa shape index (κ3) is 3.00. The molecule has 0 saturated heterocycles. The van der Waals surface area contributed by atoms with Gasteiger partial charge in [0.25, 0.3) is 0 Å². The molecule has 0 bridgehead atoms. The van der Waals surface area contributed by atoms with Gasteiger partial charge in [-0.15, -0.1) is 10.2 Å². The quantitative estimate of drug-likeness (QED) is 0.729. The van der Waals surface area contributed by atoms with Crippen LogP contribution in [0.1, 0.15) is 0 Å². The second-order valence-electron chi connectivity index (χ2n) is 4.88. The molecule has 9 heteroatoms. The van der Waals surface area contributed by atoms with E-state index in [9.17, 15) is 8.78 Å². The second-order valence-corrected chi connectivity index (χ2v) is 5.31. The van der Waals surface area contributed by atoms with Crippen molar-refractivity contribution < 1.29 is 13.5 Å². The number of hydrogen-bond acceptors (Lipinski definition) is 5. The van der Waals surface area contributed by atoms with Crippen molar-refractivity contribution in [3.05, 3.63) is 41.6 Å². The molecule has 0 spiro atoms. The van der Waals surface area contributed by atoms with Gasteiger partial charge in [-0.25, -0.2) is 4.98 Å². The third-order valence-corrected chi connectivity index (χ3v) is 3.54. The first kappa shape index (κ1) is 16.1. The van der Waals surface area contributed by atoms with Gasteiger partial charge in [0.1, 0.15) is 0 Å². The summed E-state index contributed by atoms with van der Waals surface area (Å²) in [7, 11) is 1.68. The lowest BCUT2D eigenvalue weighted by atomic mass is 10.1. The lowest BCUT2D eigenvalue weighted by molar-refractivity contribution is -0.0524. The highest BCUT2D eigenvalue weighted by atomic mass is 35.5. The number of anilines is 1. The highest BCUT2D eigenvalue weighted by Crippen LogP contribution is 2.33. The van der Waals surface area contributed by atoms with E-state index < -0.39 is 6.61 Å². The summed E-state index contributed by atoms with van der Waals surface area (Å²) < 4.78 is 31.2. The number of rotatable bonds is 4. The molecule has 1 aromatic carbocycles. The summed E-state index contributed by atoms with van der Waals surface area (Å²) in [4.78, 5) is 3.80. The topological polar surface area (TPSA) is 78.9 Å². The van der Waals surface area contributed by atoms with Crippen molar-refractivity contribution in [1.82, 2.24) is 19.7 Å². The maximum atomic E-state index is 12.6. The number of para-hydroxylation sites is 1. The molecule has 0 saturated carbocycles. The van der Waals surface area contributed by atoms with Crippen LogP contribution in [0.25, 0.3) is 22.8 Å². The number of aromatic nitrogens is 4. The average molecular weight is 352 g/mol. The van der Waals surface area contributed by atoms with Gasteiger partial charge in [0, 0.05) is 24.5 Å². The fourth-order valence-corrected chi connectivity index (χ4v) is 2.42. The largest absolute Gasteiger partial charge is 0.416 e. The van der Waals surface area contributed by atoms with Crippen LogP contribution in [-0.2, 0) is 7.05 Å². The van der Waals surface area contributed by atoms with Crippen molar-refractivity contribution in [3.63, 3.8) is 0 Å². The van der Waals surface area contributed by atoms with E-state index in [4.69, 9.17) is 17.3 Å². The Morgan fingerprint density at radius 3 is 2.50 bits per heavy atom. The molecule has 6 nitrogen and oxygen atoms in total. The Bertz CT molecular complexity index is 884. The van der Waals surface area contributed by atoms with Gasteiger partial charge in [0.15, 0.2) is 11.6 Å². The number of hydrogen-bond donors (Lipinski definition) is 1. The lowest BCUT2D eigenvalue weighted by Gasteiger charge is -2.10. The number of pyridine rings is 1. The maximum absolute atomic E-state index is 12.6. The molecule has 3 aromatic rings. The first-order chi connectivity index (χ1) is 11.5. The summed E-state index contributed by atoms with van der Waals surface area (Å²) in [5, 5.41) is 8.40. The Kier molecular flexibility index (Phi) is 4.30. The van der Waals surface area contributed by atoms with Crippen LogP contribution >= 0.6 is 11.6 Å². The molecular formula is C15H12ClF2N5O. The van der Waals surface area contributed by atoms with Crippen LogP contribution in [0, 0.1) is 0 Å². The van der Waals surface area contributed by atoms with E-state index in [1.807, 2.05) is 6.07 Å². The summed E-state index contributed by atoms with van der Waals surface area (Å²) >= 11 is 5.92. The van der Waals surface area contributed by atoms with E-state index in [1.54, 1.807) is 29.8 Å². The Labute approximate surface area is 140 Å². The van der Waals surface area contributed by atoms with Gasteiger partial charge in [-0.1, -0.05) is 23.7 Å². The molecule has 0 aliphatic heterocycles. The number of alkyl halides is 2. The normalized spacial score (nSPS) is 11.0. The van der Waals surface area contributed by atoms with Crippen LogP contribution in [0.4, 0.5) is 14.5 Å². The minimum atomic E-state index is -3.02. The van der Waals surface area contributed by atoms with E-state index in [-0.39, 0.29) is 22.3 Å². The zero-order chi connectivity index (χ0) is 17.3. The van der Waals surface area contributed by atoms with Gasteiger partial charge in [0.05, 0.1) is 10.6 Å². The molecule has 0 aliphatic carbocycles. The molecular weight excluding hydrogens is 340 g/mol. The molecule has 2 aromatic heterocycles. The first-order valence-corrected chi connectivity index (χ1v) is 7.20. The molecule has 0 fully saturated rings. The van der Waals surface area contributed by atoms with Crippen LogP contribution < -0.4 is 10.5 Å². The van der Waals surface area contributed by atoms with E-state index in [1.165, 1.54) is 12.3 Å². The van der Waals surface area contributed by atoms with E-state index in [0.717, 1.165) is 0 Å². The summed E-state index contributed by atoms with van der Waals surface area (Å²) in [6.45, 7) is -3.02. The Balaban J connectivity index is 2.12. The Morgan fingerprint density at radius 1 is 1.17 bits per heavy atom. The molecule has 3 rings (SSSR count). The minimum Gasteiger partial charge on any atom is -0.416 e. The van der Waals surface area contributed by atoms with Crippen molar-refractivity contribution in [2.45, 2.75) is 6.61 Å². The predicted octanol–water partition coefficient (Wildman–Crippen LogP) is 3.38. The van der Waals surface area contributed by atoms with Crippen LogP contribution in [0.15, 0.2) is 36.5 Å². The summed E-state index contributed by atoms with van der Waals surface area (Å²) in [6.07, 6.45) is 1.22. The molecule has 0 radical (unpaired) electrons. The van der Waals surface area contributed by atoms with Crippen LogP contribution in [-0.4, -0.2) is 26.4 Å². The van der Waals surface area contributed by atoms with Gasteiger partial charge in [-0.2, -0.15) is 8.78 Å². The number of nitrogen functional groups attached to an aromatic ring is 1. The van der Waals surface area contributed by atoms with Crippen LogP contribution in [0.5, 0.6) is 5.88 Å². The van der Waals surface area contributed by atoms with Crippen LogP contribution in [0.2, 0.25) is 5.02 Å². The van der Waals surface area contributed by atoms with Gasteiger partial charge >= 0.3 is 6.61 Å². The molecule has 0 unspecified atom stereocenters. The van der Waals surface area contributed by atoms with E-state index in [2.05, 4.69) is 19.9 Å². The summed E-state index contributed by atoms with van der Waals surface area (Å²) in [5.74, 6) is 0.474. The predicted molar refractivity (Wildman–Crippen MR) is 85.7 cm³/mol. The summed E-state index contributed by atoms with van der Waals surface area (Å²) in [5.41, 5.74) is 7.35. The second kappa shape index (κ2) is 6.40. The van der Waals surface area contributed by atoms with Gasteiger partial charge in [-0.3, -0.25) is 0 Å². The highest BCUT2D eigenvalue weighted by molar-refractivity contribution is 6.30. The van der Waals surface area contributed by atoms with E-state index in [0.29, 0.717) is 17.1 Å². The molecule has 0 amide bonds. The standard InChI is InChI=1S/C15H12ClF2N5O/c1-23-12(9-4-2-3-5-11(9)19)21-22-13(23)10-6-8(16)7-20-14(10)24-15(17)18/h2-7,15H,19H2,1H3. The molecule has 0 aliphatic rings. The summed E-state index contributed by atoms with van der Waals surface area (Å²) in [6, 6.07) is 8.57. The van der Waals surface area contributed by atoms with E-state index >= 15 is 0 Å². The van der Waals surface area contributed by atoms with Crippen LogP contribution in [0.3, 0.4) is 0 Å². The first-order valence-electron chi connectivity index (χ1n) is 6.82. The SMILES string of the molecule is Cn1c(-c2ccccc2N)nnc1-c1cc(Cl)cnc1OC(F)F. The third-order valence-electron chi connectivity index (χ3n) is 3.34. The molecule has 2 heterocycles. The van der Waals surface area contributed by atoms with Gasteiger partial charge in [0.2, 0.25) is 5.88 Å².